The van der Waals surface area contributed by atoms with E-state index in [1.807, 2.05) is 57.2 Å². The van der Waals surface area contributed by atoms with Crippen molar-refractivity contribution >= 4 is 23.5 Å². The molecular formula is C32H43N5O5. The lowest BCUT2D eigenvalue weighted by Crippen LogP contribution is -2.50. The summed E-state index contributed by atoms with van der Waals surface area (Å²) in [7, 11) is 0. The number of hydrazone groups is 1. The predicted octanol–water partition coefficient (Wildman–Crippen LogP) is 4.84. The quantitative estimate of drug-likeness (QED) is 0.155. The zero-order chi connectivity index (χ0) is 30.3. The van der Waals surface area contributed by atoms with Crippen LogP contribution in [0.4, 0.5) is 4.79 Å². The van der Waals surface area contributed by atoms with Crippen molar-refractivity contribution in [3.05, 3.63) is 71.4 Å². The molecule has 10 nitrogen and oxygen atoms in total. The minimum Gasteiger partial charge on any atom is -0.482 e. The number of ether oxygens (including phenoxy) is 3. The number of nitrogens with two attached hydrogens (primary N) is 2. The van der Waals surface area contributed by atoms with Crippen LogP contribution in [0.2, 0.25) is 0 Å². The molecule has 1 aromatic rings. The normalized spacial score (nSPS) is 18.2. The number of rotatable bonds is 7. The van der Waals surface area contributed by atoms with Crippen LogP contribution in [-0.4, -0.2) is 65.3 Å². The zero-order valence-corrected chi connectivity index (χ0v) is 25.1. The molecule has 1 amide bonds. The van der Waals surface area contributed by atoms with Gasteiger partial charge in [0.25, 0.3) is 0 Å². The Hall–Kier alpha value is -4.05. The van der Waals surface area contributed by atoms with E-state index >= 15 is 0 Å². The van der Waals surface area contributed by atoms with Crippen LogP contribution in [0.1, 0.15) is 65.4 Å². The lowest BCUT2D eigenvalue weighted by atomic mass is 9.82. The lowest BCUT2D eigenvalue weighted by molar-refractivity contribution is -0.143. The molecule has 4 N–H and O–H groups in total. The number of likely N-dealkylation sites (tertiary alicyclic amines) is 1. The third-order valence-corrected chi connectivity index (χ3v) is 7.33. The van der Waals surface area contributed by atoms with Crippen molar-refractivity contribution in [1.82, 2.24) is 9.91 Å². The summed E-state index contributed by atoms with van der Waals surface area (Å²) in [5, 5.41) is 5.42. The lowest BCUT2D eigenvalue weighted by Gasteiger charge is -2.43. The summed E-state index contributed by atoms with van der Waals surface area (Å²) in [5.41, 5.74) is 2.87. The van der Waals surface area contributed by atoms with Crippen LogP contribution >= 0.6 is 0 Å². The fraction of sp³-hybridized carbons (Fsp3) is 0.469. The van der Waals surface area contributed by atoms with Gasteiger partial charge in [0.15, 0.2) is 5.84 Å². The third kappa shape index (κ3) is 7.61. The van der Waals surface area contributed by atoms with Gasteiger partial charge in [-0.3, -0.25) is 9.80 Å². The summed E-state index contributed by atoms with van der Waals surface area (Å²) in [6.45, 7) is 9.25. The first-order chi connectivity index (χ1) is 20.0. The summed E-state index contributed by atoms with van der Waals surface area (Å²) in [6, 6.07) is 8.04. The average molecular weight is 578 g/mol. The van der Waals surface area contributed by atoms with Crippen LogP contribution < -0.4 is 16.4 Å². The van der Waals surface area contributed by atoms with Crippen LogP contribution in [0.3, 0.4) is 0 Å². The van der Waals surface area contributed by atoms with Gasteiger partial charge in [-0.05, 0) is 63.8 Å². The molecule has 0 aromatic heterocycles. The van der Waals surface area contributed by atoms with Gasteiger partial charge in [-0.1, -0.05) is 42.5 Å². The van der Waals surface area contributed by atoms with Gasteiger partial charge in [0.1, 0.15) is 17.0 Å². The Balaban J connectivity index is 1.50. The molecule has 0 atom stereocenters. The van der Waals surface area contributed by atoms with E-state index in [0.717, 1.165) is 28.0 Å². The van der Waals surface area contributed by atoms with Crippen molar-refractivity contribution in [2.75, 3.05) is 26.2 Å². The first-order valence-corrected chi connectivity index (χ1v) is 14.6. The van der Waals surface area contributed by atoms with Crippen molar-refractivity contribution in [1.29, 1.82) is 0 Å². The monoisotopic (exact) mass is 577 g/mol. The number of hydrazine groups is 1. The fourth-order valence-corrected chi connectivity index (χ4v) is 5.29. The van der Waals surface area contributed by atoms with E-state index in [-0.39, 0.29) is 18.5 Å². The number of amides is 1. The summed E-state index contributed by atoms with van der Waals surface area (Å²) >= 11 is 0. The van der Waals surface area contributed by atoms with Gasteiger partial charge in [0, 0.05) is 50.0 Å². The minimum absolute atomic E-state index is 0.252. The van der Waals surface area contributed by atoms with Gasteiger partial charge < -0.3 is 25.0 Å². The molecule has 1 saturated heterocycles. The number of benzene rings is 1. The second-order valence-electron chi connectivity index (χ2n) is 11.6. The number of fused-ring (bicyclic) bond motifs is 1. The summed E-state index contributed by atoms with van der Waals surface area (Å²) < 4.78 is 17.2. The number of hydrogen-bond donors (Lipinski definition) is 2. The van der Waals surface area contributed by atoms with Crippen LogP contribution in [0.25, 0.3) is 5.57 Å². The highest BCUT2D eigenvalue weighted by Crippen LogP contribution is 2.44. The van der Waals surface area contributed by atoms with Crippen LogP contribution in [0, 0.1) is 0 Å². The van der Waals surface area contributed by atoms with Gasteiger partial charge in [-0.2, -0.15) is 5.10 Å². The van der Waals surface area contributed by atoms with Crippen molar-refractivity contribution in [3.63, 3.8) is 0 Å². The Kier molecular flexibility index (Phi) is 9.78. The van der Waals surface area contributed by atoms with Crippen LogP contribution in [-0.2, 0) is 14.3 Å². The maximum absolute atomic E-state index is 12.7. The number of nitrogens with zero attached hydrogens (tertiary/aromatic N) is 3. The standard InChI is InChI=1S/C32H43N5O5/c1-5-40-28(38)14-9-19-37(34)29(35-33)24-11-8-10-23(15-16-24)26-22-32(41-27-13-7-6-12-25(26)27)17-20-36(21-18-32)30(39)42-31(2,3)4/h6-7,10-13,15-16,22H,5,8-9,14,17-21,33-34H2,1-4H3/b35-29-. The smallest absolute Gasteiger partial charge is 0.410 e. The molecule has 0 saturated carbocycles. The maximum atomic E-state index is 12.7. The number of amidine groups is 1. The Morgan fingerprint density at radius 2 is 1.88 bits per heavy atom. The number of para-hydroxylation sites is 1. The highest BCUT2D eigenvalue weighted by Gasteiger charge is 2.41. The number of carbonyl (C=O) groups excluding carboxylic acids is 2. The van der Waals surface area contributed by atoms with Crippen LogP contribution in [0.5, 0.6) is 5.75 Å². The largest absolute Gasteiger partial charge is 0.482 e. The highest BCUT2D eigenvalue weighted by atomic mass is 16.6. The van der Waals surface area contributed by atoms with E-state index in [1.165, 1.54) is 5.01 Å². The van der Waals surface area contributed by atoms with Gasteiger partial charge in [0.2, 0.25) is 0 Å². The third-order valence-electron chi connectivity index (χ3n) is 7.33. The topological polar surface area (TPSA) is 133 Å². The molecule has 1 aliphatic carbocycles. The number of esters is 1. The average Bonchev–Trinajstić information content (AvgIpc) is 3.19. The van der Waals surface area contributed by atoms with Crippen molar-refractivity contribution in [2.45, 2.75) is 71.0 Å². The first kappa shape index (κ1) is 30.9. The summed E-state index contributed by atoms with van der Waals surface area (Å²) in [6.07, 6.45) is 12.9. The van der Waals surface area contributed by atoms with Crippen molar-refractivity contribution in [2.24, 2.45) is 16.8 Å². The Morgan fingerprint density at radius 3 is 2.57 bits per heavy atom. The second kappa shape index (κ2) is 13.3. The Morgan fingerprint density at radius 1 is 1.14 bits per heavy atom. The van der Waals surface area contributed by atoms with Gasteiger partial charge in [-0.25, -0.2) is 10.6 Å². The molecule has 3 aliphatic rings. The molecule has 10 heteroatoms. The van der Waals surface area contributed by atoms with E-state index in [1.54, 1.807) is 11.8 Å². The molecule has 42 heavy (non-hydrogen) atoms. The molecule has 0 bridgehead atoms. The molecule has 1 aromatic carbocycles. The van der Waals surface area contributed by atoms with Gasteiger partial charge >= 0.3 is 12.1 Å². The van der Waals surface area contributed by atoms with Crippen molar-refractivity contribution < 1.29 is 23.8 Å². The predicted molar refractivity (Wildman–Crippen MR) is 163 cm³/mol. The number of allylic oxidation sites excluding steroid dienone is 5. The molecular weight excluding hydrogens is 534 g/mol. The number of carbonyl (C=O) groups is 2. The highest BCUT2D eigenvalue weighted by molar-refractivity contribution is 6.01. The zero-order valence-electron chi connectivity index (χ0n) is 25.1. The molecule has 1 fully saturated rings. The Labute approximate surface area is 248 Å². The van der Waals surface area contributed by atoms with E-state index in [2.05, 4.69) is 23.3 Å². The molecule has 2 aliphatic heterocycles. The van der Waals surface area contributed by atoms with E-state index in [0.29, 0.717) is 57.8 Å². The van der Waals surface area contributed by atoms with E-state index in [9.17, 15) is 9.59 Å². The van der Waals surface area contributed by atoms with E-state index in [4.69, 9.17) is 25.9 Å². The molecule has 1 spiro atoms. The van der Waals surface area contributed by atoms with Crippen LogP contribution in [0.15, 0.2) is 70.9 Å². The molecule has 4 rings (SSSR count). The number of piperidine rings is 1. The fourth-order valence-electron chi connectivity index (χ4n) is 5.29. The number of hydrogen-bond acceptors (Lipinski definition) is 8. The molecule has 2 heterocycles. The van der Waals surface area contributed by atoms with Gasteiger partial charge in [0.05, 0.1) is 6.61 Å². The minimum atomic E-state index is -0.539. The van der Waals surface area contributed by atoms with Gasteiger partial charge in [-0.15, -0.1) is 0 Å². The molecule has 0 radical (unpaired) electrons. The Bertz CT molecular complexity index is 1310. The van der Waals surface area contributed by atoms with Crippen molar-refractivity contribution in [3.8, 4) is 5.75 Å². The second-order valence-corrected chi connectivity index (χ2v) is 11.6. The summed E-state index contributed by atoms with van der Waals surface area (Å²) in [5.74, 6) is 13.1. The molecule has 226 valence electrons. The first-order valence-electron chi connectivity index (χ1n) is 14.6. The maximum Gasteiger partial charge on any atom is 0.410 e. The summed E-state index contributed by atoms with van der Waals surface area (Å²) in [4.78, 5) is 26.1. The SMILES string of the molecule is CCOC(=O)CCCN(N)/C(=N\N)C1=CCC=C(C2=CC3(CCN(C(=O)OC(C)(C)C)CC3)Oc3ccccc32)C=C1. The van der Waals surface area contributed by atoms with E-state index < -0.39 is 11.2 Å². The molecule has 0 unspecified atom stereocenters.